The van der Waals surface area contributed by atoms with Gasteiger partial charge < -0.3 is 14.6 Å². The molecule has 0 bridgehead atoms. The van der Waals surface area contributed by atoms with Crippen molar-refractivity contribution in [3.8, 4) is 0 Å². The summed E-state index contributed by atoms with van der Waals surface area (Å²) in [5, 5.41) is 10.5. The van der Waals surface area contributed by atoms with E-state index in [1.807, 2.05) is 0 Å². The van der Waals surface area contributed by atoms with Crippen molar-refractivity contribution in [2.45, 2.75) is 62.8 Å². The minimum absolute atomic E-state index is 0.328. The Morgan fingerprint density at radius 1 is 1.00 bits per heavy atom. The quantitative estimate of drug-likeness (QED) is 0.802. The minimum Gasteiger partial charge on any atom is -0.390 e. The van der Waals surface area contributed by atoms with Gasteiger partial charge in [0.05, 0.1) is 18.8 Å². The molecule has 3 aliphatic rings. The first kappa shape index (κ1) is 11.0. The van der Waals surface area contributed by atoms with Crippen LogP contribution in [0.1, 0.15) is 51.4 Å². The lowest BCUT2D eigenvalue weighted by Crippen LogP contribution is -2.43. The summed E-state index contributed by atoms with van der Waals surface area (Å²) >= 11 is 0. The molecule has 0 aromatic carbocycles. The van der Waals surface area contributed by atoms with E-state index in [4.69, 9.17) is 9.47 Å². The van der Waals surface area contributed by atoms with Crippen molar-refractivity contribution >= 4 is 0 Å². The largest absolute Gasteiger partial charge is 0.390 e. The van der Waals surface area contributed by atoms with Gasteiger partial charge in [-0.15, -0.1) is 0 Å². The van der Waals surface area contributed by atoms with E-state index in [2.05, 4.69) is 0 Å². The number of ether oxygens (including phenoxy) is 2. The first-order valence-electron chi connectivity index (χ1n) is 6.70. The molecule has 0 aromatic heterocycles. The summed E-state index contributed by atoms with van der Waals surface area (Å²) in [7, 11) is 0. The Hall–Kier alpha value is -0.120. The van der Waals surface area contributed by atoms with Crippen LogP contribution in [0.25, 0.3) is 0 Å². The van der Waals surface area contributed by atoms with Crippen LogP contribution in [0.4, 0.5) is 0 Å². The van der Waals surface area contributed by atoms with Gasteiger partial charge >= 0.3 is 0 Å². The molecule has 1 heterocycles. The van der Waals surface area contributed by atoms with Crippen LogP contribution in [-0.4, -0.2) is 29.7 Å². The van der Waals surface area contributed by atoms with Crippen molar-refractivity contribution < 1.29 is 14.6 Å². The molecule has 3 heteroatoms. The fourth-order valence-electron chi connectivity index (χ4n) is 3.01. The van der Waals surface area contributed by atoms with Crippen molar-refractivity contribution in [1.29, 1.82) is 0 Å². The number of rotatable bonds is 3. The van der Waals surface area contributed by atoms with E-state index in [0.717, 1.165) is 51.2 Å². The molecule has 92 valence electrons. The lowest BCUT2D eigenvalue weighted by Gasteiger charge is -2.40. The topological polar surface area (TPSA) is 38.7 Å². The van der Waals surface area contributed by atoms with Crippen molar-refractivity contribution in [1.82, 2.24) is 0 Å². The van der Waals surface area contributed by atoms with E-state index < -0.39 is 5.60 Å². The smallest absolute Gasteiger partial charge is 0.168 e. The molecule has 0 unspecified atom stereocenters. The van der Waals surface area contributed by atoms with Crippen LogP contribution < -0.4 is 0 Å². The van der Waals surface area contributed by atoms with Crippen molar-refractivity contribution in [2.24, 2.45) is 5.92 Å². The SMILES string of the molecule is OC1(CCC2CC2)CCC2(CC1)OCCO2. The highest BCUT2D eigenvalue weighted by Crippen LogP contribution is 2.44. The van der Waals surface area contributed by atoms with Crippen molar-refractivity contribution in [3.05, 3.63) is 0 Å². The van der Waals surface area contributed by atoms with Gasteiger partial charge in [-0.25, -0.2) is 0 Å². The summed E-state index contributed by atoms with van der Waals surface area (Å²) in [6, 6.07) is 0. The average molecular weight is 226 g/mol. The summed E-state index contributed by atoms with van der Waals surface area (Å²) < 4.78 is 11.4. The van der Waals surface area contributed by atoms with Crippen LogP contribution in [0.5, 0.6) is 0 Å². The van der Waals surface area contributed by atoms with Gasteiger partial charge in [0.25, 0.3) is 0 Å². The molecule has 3 fully saturated rings. The molecule has 1 N–H and O–H groups in total. The fraction of sp³-hybridized carbons (Fsp3) is 1.00. The third-order valence-electron chi connectivity index (χ3n) is 4.47. The predicted molar refractivity (Wildman–Crippen MR) is 60.0 cm³/mol. The summed E-state index contributed by atoms with van der Waals surface area (Å²) in [4.78, 5) is 0. The van der Waals surface area contributed by atoms with Gasteiger partial charge in [0.15, 0.2) is 5.79 Å². The molecule has 3 nitrogen and oxygen atoms in total. The van der Waals surface area contributed by atoms with E-state index in [1.54, 1.807) is 0 Å². The molecule has 2 saturated carbocycles. The molecule has 1 aliphatic heterocycles. The van der Waals surface area contributed by atoms with Gasteiger partial charge in [-0.3, -0.25) is 0 Å². The first-order valence-corrected chi connectivity index (χ1v) is 6.70. The fourth-order valence-corrected chi connectivity index (χ4v) is 3.01. The second kappa shape index (κ2) is 3.97. The summed E-state index contributed by atoms with van der Waals surface area (Å²) in [6.45, 7) is 1.45. The molecular weight excluding hydrogens is 204 g/mol. The van der Waals surface area contributed by atoms with E-state index in [-0.39, 0.29) is 5.79 Å². The van der Waals surface area contributed by atoms with Crippen LogP contribution in [0.15, 0.2) is 0 Å². The Kier molecular flexibility index (Phi) is 2.73. The Bertz CT molecular complexity index is 244. The Morgan fingerprint density at radius 3 is 2.19 bits per heavy atom. The Labute approximate surface area is 97.1 Å². The maximum Gasteiger partial charge on any atom is 0.168 e. The Morgan fingerprint density at radius 2 is 1.62 bits per heavy atom. The van der Waals surface area contributed by atoms with Crippen molar-refractivity contribution in [3.63, 3.8) is 0 Å². The normalized spacial score (nSPS) is 32.1. The van der Waals surface area contributed by atoms with Gasteiger partial charge in [-0.05, 0) is 31.6 Å². The van der Waals surface area contributed by atoms with Gasteiger partial charge in [0.2, 0.25) is 0 Å². The molecule has 0 radical (unpaired) electrons. The summed E-state index contributed by atoms with van der Waals surface area (Å²) in [5.74, 6) is 0.588. The maximum absolute atomic E-state index is 10.5. The van der Waals surface area contributed by atoms with E-state index in [9.17, 15) is 5.11 Å². The van der Waals surface area contributed by atoms with Crippen LogP contribution in [0.2, 0.25) is 0 Å². The zero-order valence-electron chi connectivity index (χ0n) is 9.91. The molecule has 16 heavy (non-hydrogen) atoms. The van der Waals surface area contributed by atoms with E-state index in [1.165, 1.54) is 19.3 Å². The summed E-state index contributed by atoms with van der Waals surface area (Å²) in [5.41, 5.74) is -0.427. The molecule has 2 aliphatic carbocycles. The van der Waals surface area contributed by atoms with Gasteiger partial charge in [0, 0.05) is 12.8 Å². The molecule has 0 atom stereocenters. The Balaban J connectivity index is 1.51. The van der Waals surface area contributed by atoms with Crippen LogP contribution in [0, 0.1) is 5.92 Å². The maximum atomic E-state index is 10.5. The number of hydrogen-bond acceptors (Lipinski definition) is 3. The van der Waals surface area contributed by atoms with Crippen LogP contribution >= 0.6 is 0 Å². The van der Waals surface area contributed by atoms with Gasteiger partial charge in [-0.1, -0.05) is 12.8 Å². The van der Waals surface area contributed by atoms with Gasteiger partial charge in [-0.2, -0.15) is 0 Å². The third-order valence-corrected chi connectivity index (χ3v) is 4.47. The molecule has 1 spiro atoms. The molecule has 0 amide bonds. The highest BCUT2D eigenvalue weighted by Gasteiger charge is 2.45. The molecule has 3 rings (SSSR count). The monoisotopic (exact) mass is 226 g/mol. The molecular formula is C13H22O3. The zero-order chi connectivity index (χ0) is 11.1. The van der Waals surface area contributed by atoms with E-state index >= 15 is 0 Å². The van der Waals surface area contributed by atoms with E-state index in [0.29, 0.717) is 0 Å². The minimum atomic E-state index is -0.427. The van der Waals surface area contributed by atoms with Crippen molar-refractivity contribution in [2.75, 3.05) is 13.2 Å². The highest BCUT2D eigenvalue weighted by molar-refractivity contribution is 4.92. The first-order chi connectivity index (χ1) is 7.70. The number of aliphatic hydroxyl groups is 1. The highest BCUT2D eigenvalue weighted by atomic mass is 16.7. The number of hydrogen-bond donors (Lipinski definition) is 1. The average Bonchev–Trinajstić information content (AvgIpc) is 3.02. The van der Waals surface area contributed by atoms with Gasteiger partial charge in [0.1, 0.15) is 0 Å². The summed E-state index contributed by atoms with van der Waals surface area (Å²) in [6.07, 6.45) is 8.39. The second-order valence-corrected chi connectivity index (χ2v) is 5.81. The predicted octanol–water partition coefficient (Wildman–Crippen LogP) is 2.22. The zero-order valence-corrected chi connectivity index (χ0v) is 9.91. The lowest BCUT2D eigenvalue weighted by molar-refractivity contribution is -0.203. The van der Waals surface area contributed by atoms with Crippen LogP contribution in [0.3, 0.4) is 0 Å². The molecule has 1 saturated heterocycles. The van der Waals surface area contributed by atoms with Crippen LogP contribution in [-0.2, 0) is 9.47 Å². The second-order valence-electron chi connectivity index (χ2n) is 5.81. The standard InChI is InChI=1S/C13H22O3/c14-12(4-3-11-1-2-11)5-7-13(8-6-12)15-9-10-16-13/h11,14H,1-10H2. The molecule has 0 aromatic rings. The third kappa shape index (κ3) is 2.27. The lowest BCUT2D eigenvalue weighted by atomic mass is 9.78.